The quantitative estimate of drug-likeness (QED) is 0.611. The van der Waals surface area contributed by atoms with Crippen LogP contribution in [0.1, 0.15) is 18.6 Å². The molecule has 1 aromatic carbocycles. The molecule has 18 heavy (non-hydrogen) atoms. The first-order valence-electron chi connectivity index (χ1n) is 5.90. The molecule has 0 bridgehead atoms. The van der Waals surface area contributed by atoms with Crippen LogP contribution in [0.5, 0.6) is 0 Å². The van der Waals surface area contributed by atoms with Crippen molar-refractivity contribution in [2.24, 2.45) is 0 Å². The predicted octanol–water partition coefficient (Wildman–Crippen LogP) is 3.86. The lowest BCUT2D eigenvalue weighted by molar-refractivity contribution is -0.144. The lowest BCUT2D eigenvalue weighted by Gasteiger charge is -2.16. The number of hydrogen-bond acceptors (Lipinski definition) is 2. The first kappa shape index (κ1) is 14.6. The minimum atomic E-state index is -1.36. The largest absolute Gasteiger partial charge is 0.453 e. The summed E-state index contributed by atoms with van der Waals surface area (Å²) in [5.74, 6) is -0.640. The number of halogens is 1. The first-order valence-corrected chi connectivity index (χ1v) is 9.48. The van der Waals surface area contributed by atoms with E-state index in [4.69, 9.17) is 4.74 Å². The van der Waals surface area contributed by atoms with E-state index in [2.05, 4.69) is 25.3 Å². The van der Waals surface area contributed by atoms with Gasteiger partial charge in [0.25, 0.3) is 0 Å². The molecule has 4 heteroatoms. The van der Waals surface area contributed by atoms with Crippen molar-refractivity contribution in [3.8, 4) is 0 Å². The van der Waals surface area contributed by atoms with Crippen LogP contribution < -0.4 is 0 Å². The van der Waals surface area contributed by atoms with Gasteiger partial charge in [0.1, 0.15) is 11.9 Å². The van der Waals surface area contributed by atoms with Crippen LogP contribution in [0.3, 0.4) is 0 Å². The van der Waals surface area contributed by atoms with E-state index >= 15 is 0 Å². The summed E-state index contributed by atoms with van der Waals surface area (Å²) in [7, 11) is -1.36. The number of hydrogen-bond donors (Lipinski definition) is 0. The van der Waals surface area contributed by atoms with Gasteiger partial charge in [-0.2, -0.15) is 0 Å². The average Bonchev–Trinajstić information content (AvgIpc) is 2.24. The first-order chi connectivity index (χ1) is 8.28. The van der Waals surface area contributed by atoms with Crippen molar-refractivity contribution in [1.82, 2.24) is 0 Å². The molecule has 0 spiro atoms. The maximum Gasteiger partial charge on any atom is 0.303 e. The number of benzene rings is 1. The maximum atomic E-state index is 12.9. The smallest absolute Gasteiger partial charge is 0.303 e. The molecule has 0 heterocycles. The van der Waals surface area contributed by atoms with Gasteiger partial charge in [0.2, 0.25) is 0 Å². The summed E-state index contributed by atoms with van der Waals surface area (Å²) in [4.78, 5) is 11.1. The molecular formula is C14H19FO2Si. The normalized spacial score (nSPS) is 13.6. The van der Waals surface area contributed by atoms with Crippen molar-refractivity contribution in [1.29, 1.82) is 0 Å². The van der Waals surface area contributed by atoms with Gasteiger partial charge >= 0.3 is 5.97 Å². The average molecular weight is 266 g/mol. The third kappa shape index (κ3) is 5.27. The Morgan fingerprint density at radius 3 is 2.28 bits per heavy atom. The minimum absolute atomic E-state index is 0.297. The summed E-state index contributed by atoms with van der Waals surface area (Å²) in [5.41, 5.74) is 2.89. The van der Waals surface area contributed by atoms with Gasteiger partial charge in [0.15, 0.2) is 0 Å². The third-order valence-electron chi connectivity index (χ3n) is 2.26. The van der Waals surface area contributed by atoms with Crippen molar-refractivity contribution in [3.05, 3.63) is 47.4 Å². The highest BCUT2D eigenvalue weighted by Gasteiger charge is 2.14. The van der Waals surface area contributed by atoms with Crippen LogP contribution >= 0.6 is 0 Å². The van der Waals surface area contributed by atoms with Gasteiger partial charge in [-0.3, -0.25) is 4.79 Å². The van der Waals surface area contributed by atoms with E-state index in [0.29, 0.717) is 0 Å². The molecule has 0 aromatic heterocycles. The van der Waals surface area contributed by atoms with Crippen LogP contribution in [0.15, 0.2) is 36.0 Å². The van der Waals surface area contributed by atoms with E-state index in [0.717, 1.165) is 5.56 Å². The van der Waals surface area contributed by atoms with E-state index < -0.39 is 14.2 Å². The lowest BCUT2D eigenvalue weighted by atomic mass is 10.1. The van der Waals surface area contributed by atoms with E-state index in [1.807, 2.05) is 6.08 Å². The van der Waals surface area contributed by atoms with Gasteiger partial charge in [0.05, 0.1) is 8.07 Å². The van der Waals surface area contributed by atoms with E-state index in [-0.39, 0.29) is 11.8 Å². The summed E-state index contributed by atoms with van der Waals surface area (Å²) >= 11 is 0. The SMILES string of the molecule is CC(=O)OC(/C=C/[Si](C)(C)C)c1ccc(F)cc1. The number of ether oxygens (including phenoxy) is 1. The van der Waals surface area contributed by atoms with Gasteiger partial charge in [-0.05, 0) is 23.8 Å². The van der Waals surface area contributed by atoms with Crippen LogP contribution in [-0.4, -0.2) is 14.0 Å². The van der Waals surface area contributed by atoms with Gasteiger partial charge in [-0.1, -0.05) is 37.5 Å². The Morgan fingerprint density at radius 1 is 1.28 bits per heavy atom. The molecule has 0 saturated heterocycles. The highest BCUT2D eigenvalue weighted by atomic mass is 28.3. The Bertz CT molecular complexity index is 432. The molecule has 0 fully saturated rings. The molecule has 0 amide bonds. The molecule has 1 atom stereocenters. The Labute approximate surface area is 108 Å². The fraction of sp³-hybridized carbons (Fsp3) is 0.357. The standard InChI is InChI=1S/C14H19FO2Si/c1-11(16)17-14(9-10-18(2,3)4)12-5-7-13(15)8-6-12/h5-10,14H,1-4H3/b10-9+. The number of carbonyl (C=O) groups is 1. The van der Waals surface area contributed by atoms with Crippen LogP contribution in [0, 0.1) is 5.82 Å². The molecule has 0 radical (unpaired) electrons. The van der Waals surface area contributed by atoms with Gasteiger partial charge in [-0.15, -0.1) is 0 Å². The molecule has 0 aliphatic heterocycles. The van der Waals surface area contributed by atoms with Gasteiger partial charge in [-0.25, -0.2) is 4.39 Å². The lowest BCUT2D eigenvalue weighted by Crippen LogP contribution is -2.17. The monoisotopic (exact) mass is 266 g/mol. The van der Waals surface area contributed by atoms with Crippen LogP contribution in [0.4, 0.5) is 4.39 Å². The number of carbonyl (C=O) groups excluding carboxylic acids is 1. The Kier molecular flexibility index (Phi) is 4.84. The minimum Gasteiger partial charge on any atom is -0.453 e. The Morgan fingerprint density at radius 2 is 1.83 bits per heavy atom. The summed E-state index contributed by atoms with van der Waals surface area (Å²) in [5, 5.41) is 0. The zero-order chi connectivity index (χ0) is 13.8. The molecule has 1 unspecified atom stereocenters. The second-order valence-corrected chi connectivity index (χ2v) is 10.4. The van der Waals surface area contributed by atoms with Gasteiger partial charge < -0.3 is 4.74 Å². The van der Waals surface area contributed by atoms with Crippen molar-refractivity contribution in [2.75, 3.05) is 0 Å². The van der Waals surface area contributed by atoms with Crippen molar-refractivity contribution >= 4 is 14.0 Å². The second kappa shape index (κ2) is 5.95. The second-order valence-electron chi connectivity index (χ2n) is 5.31. The molecule has 0 aliphatic carbocycles. The Hall–Kier alpha value is -1.42. The molecular weight excluding hydrogens is 247 g/mol. The van der Waals surface area contributed by atoms with Crippen LogP contribution in [-0.2, 0) is 9.53 Å². The predicted molar refractivity (Wildman–Crippen MR) is 73.4 cm³/mol. The molecule has 0 N–H and O–H groups in total. The van der Waals surface area contributed by atoms with Crippen LogP contribution in [0.25, 0.3) is 0 Å². The highest BCUT2D eigenvalue weighted by molar-refractivity contribution is 6.80. The topological polar surface area (TPSA) is 26.3 Å². The third-order valence-corrected chi connectivity index (χ3v) is 3.45. The van der Waals surface area contributed by atoms with Crippen molar-refractivity contribution in [3.63, 3.8) is 0 Å². The van der Waals surface area contributed by atoms with Gasteiger partial charge in [0, 0.05) is 6.92 Å². The van der Waals surface area contributed by atoms with E-state index in [9.17, 15) is 9.18 Å². The number of rotatable bonds is 4. The zero-order valence-corrected chi connectivity index (χ0v) is 12.2. The van der Waals surface area contributed by atoms with Crippen molar-refractivity contribution in [2.45, 2.75) is 32.7 Å². The molecule has 1 rings (SSSR count). The highest BCUT2D eigenvalue weighted by Crippen LogP contribution is 2.21. The molecule has 1 aromatic rings. The molecule has 0 aliphatic rings. The number of esters is 1. The van der Waals surface area contributed by atoms with E-state index in [1.54, 1.807) is 12.1 Å². The summed E-state index contributed by atoms with van der Waals surface area (Å²) in [6.45, 7) is 7.95. The molecule has 2 nitrogen and oxygen atoms in total. The van der Waals surface area contributed by atoms with E-state index in [1.165, 1.54) is 19.1 Å². The zero-order valence-electron chi connectivity index (χ0n) is 11.2. The fourth-order valence-corrected chi connectivity index (χ4v) is 2.18. The Balaban J connectivity index is 2.94. The summed E-state index contributed by atoms with van der Waals surface area (Å²) in [6, 6.07) is 6.01. The van der Waals surface area contributed by atoms with Crippen LogP contribution in [0.2, 0.25) is 19.6 Å². The molecule has 98 valence electrons. The summed E-state index contributed by atoms with van der Waals surface area (Å²) < 4.78 is 18.1. The molecule has 0 saturated carbocycles. The van der Waals surface area contributed by atoms with Crippen molar-refractivity contribution < 1.29 is 13.9 Å². The summed E-state index contributed by atoms with van der Waals surface area (Å²) in [6.07, 6.45) is 1.45. The fourth-order valence-electron chi connectivity index (χ4n) is 1.43. The maximum absolute atomic E-state index is 12.9.